The number of aliphatic hydroxyl groups is 4. The van der Waals surface area contributed by atoms with Gasteiger partial charge in [-0.2, -0.15) is 0 Å². The zero-order valence-corrected chi connectivity index (χ0v) is 47.4. The monoisotopic (exact) mass is 1020 g/mol. The minimum Gasteiger partial charge on any atom is -0.491 e. The van der Waals surface area contributed by atoms with E-state index in [1.165, 1.54) is 0 Å². The number of amides is 1. The summed E-state index contributed by atoms with van der Waals surface area (Å²) in [5, 5.41) is 50.1. The second-order valence-electron chi connectivity index (χ2n) is 25.2. The van der Waals surface area contributed by atoms with Crippen LogP contribution in [0.3, 0.4) is 0 Å². The van der Waals surface area contributed by atoms with Crippen molar-refractivity contribution >= 4 is 5.91 Å². The molecule has 74 heavy (non-hydrogen) atoms. The van der Waals surface area contributed by atoms with Gasteiger partial charge >= 0.3 is 0 Å². The number of hydrogen-bond acceptors (Lipinski definition) is 11. The molecule has 0 bridgehead atoms. The van der Waals surface area contributed by atoms with Gasteiger partial charge in [-0.3, -0.25) is 9.69 Å². The van der Waals surface area contributed by atoms with Crippen molar-refractivity contribution in [2.75, 3.05) is 46.1 Å². The average molecular weight is 1020 g/mol. The third kappa shape index (κ3) is 17.4. The van der Waals surface area contributed by atoms with Crippen molar-refractivity contribution in [1.29, 1.82) is 0 Å². The van der Waals surface area contributed by atoms with Crippen molar-refractivity contribution in [3.8, 4) is 23.0 Å². The minimum absolute atomic E-state index is 0.0311. The molecule has 410 valence electrons. The van der Waals surface area contributed by atoms with E-state index < -0.39 is 30.0 Å². The molecule has 5 unspecified atom stereocenters. The summed E-state index contributed by atoms with van der Waals surface area (Å²) >= 11 is 0. The van der Waals surface area contributed by atoms with Crippen molar-refractivity contribution in [2.24, 2.45) is 10.8 Å². The lowest BCUT2D eigenvalue weighted by atomic mass is 9.71. The number of carbonyl (C=O) groups is 1. The smallest absolute Gasteiger partial charge is 0.237 e. The highest BCUT2D eigenvalue weighted by molar-refractivity contribution is 5.82. The second-order valence-corrected chi connectivity index (χ2v) is 25.2. The molecule has 0 aromatic heterocycles. The number of benzene rings is 4. The SMILES string of the molecule is CC(C)(C)CC(O)COc1ccc(C(C)(C)c2ccc(OCC(O)CNC(C)(C)C(C)(C)CC(O)COc3ccc(C(C)(C)c4ccc(OCC(O)CN(C5CCCCNC5=O)C(C)(C)C)cc4)cc3)cc2)cc1. The van der Waals surface area contributed by atoms with Gasteiger partial charge in [0.15, 0.2) is 0 Å². The maximum atomic E-state index is 12.9. The predicted molar refractivity (Wildman–Crippen MR) is 298 cm³/mol. The number of ether oxygens (including phenoxy) is 4. The largest absolute Gasteiger partial charge is 0.491 e. The van der Waals surface area contributed by atoms with E-state index in [2.05, 4.69) is 161 Å². The van der Waals surface area contributed by atoms with E-state index in [-0.39, 0.29) is 65.6 Å². The summed E-state index contributed by atoms with van der Waals surface area (Å²) in [7, 11) is 0. The first-order valence-corrected chi connectivity index (χ1v) is 26.9. The molecule has 4 aromatic carbocycles. The predicted octanol–water partition coefficient (Wildman–Crippen LogP) is 9.99. The molecule has 12 nitrogen and oxygen atoms in total. The van der Waals surface area contributed by atoms with Crippen molar-refractivity contribution in [1.82, 2.24) is 15.5 Å². The molecule has 5 rings (SSSR count). The quantitative estimate of drug-likeness (QED) is 0.0355. The van der Waals surface area contributed by atoms with E-state index >= 15 is 0 Å². The molecule has 0 saturated carbocycles. The molecule has 0 spiro atoms. The summed E-state index contributed by atoms with van der Waals surface area (Å²) in [4.78, 5) is 15.0. The summed E-state index contributed by atoms with van der Waals surface area (Å²) in [5.74, 6) is 2.78. The third-order valence-electron chi connectivity index (χ3n) is 15.3. The molecule has 0 aliphatic carbocycles. The van der Waals surface area contributed by atoms with Crippen molar-refractivity contribution in [2.45, 2.75) is 181 Å². The number of aliphatic hydroxyl groups excluding tert-OH is 4. The molecule has 1 saturated heterocycles. The van der Waals surface area contributed by atoms with Crippen LogP contribution in [-0.2, 0) is 15.6 Å². The van der Waals surface area contributed by atoms with Crippen LogP contribution in [0.5, 0.6) is 23.0 Å². The number of nitrogens with one attached hydrogen (secondary N) is 2. The Morgan fingerprint density at radius 2 is 0.892 bits per heavy atom. The van der Waals surface area contributed by atoms with E-state index in [0.29, 0.717) is 49.7 Å². The number of carbonyl (C=O) groups excluding carboxylic acids is 1. The topological polar surface area (TPSA) is 162 Å². The number of rotatable bonds is 26. The lowest BCUT2D eigenvalue weighted by molar-refractivity contribution is -0.129. The van der Waals surface area contributed by atoms with Crippen LogP contribution in [0.2, 0.25) is 0 Å². The number of hydrogen-bond donors (Lipinski definition) is 6. The molecular formula is C62H93N3O9. The van der Waals surface area contributed by atoms with Crippen molar-refractivity contribution < 1.29 is 44.2 Å². The zero-order chi connectivity index (χ0) is 54.7. The van der Waals surface area contributed by atoms with Crippen LogP contribution in [0.15, 0.2) is 97.1 Å². The third-order valence-corrected chi connectivity index (χ3v) is 15.3. The van der Waals surface area contributed by atoms with Crippen LogP contribution in [0, 0.1) is 10.8 Å². The average Bonchev–Trinajstić information content (AvgIpc) is 3.55. The Hall–Kier alpha value is -4.69. The maximum absolute atomic E-state index is 12.9. The zero-order valence-electron chi connectivity index (χ0n) is 47.4. The lowest BCUT2D eigenvalue weighted by Crippen LogP contribution is -2.56. The molecule has 5 atom stereocenters. The number of nitrogens with zero attached hydrogens (tertiary/aromatic N) is 1. The molecule has 1 aliphatic rings. The highest BCUT2D eigenvalue weighted by Crippen LogP contribution is 2.38. The van der Waals surface area contributed by atoms with Crippen molar-refractivity contribution in [3.63, 3.8) is 0 Å². The van der Waals surface area contributed by atoms with Gasteiger partial charge in [0, 0.05) is 41.5 Å². The standard InChI is InChI=1S/C62H93N3O9/c1-57(2,3)35-47(66)39-71-51-26-18-43(19-27-51)60(9,10)45-22-30-53(31-23-45)73-41-49(68)37-64-62(13,14)59(7,8)36-48(67)40-72-52-28-20-44(21-29-52)61(11,12)46-24-32-54(33-25-46)74-42-50(69)38-65(58(4,5)6)55-17-15-16-34-63-56(55)70/h18-33,47-50,55,64,66-69H,15-17,34-42H2,1-14H3,(H,63,70). The fourth-order valence-corrected chi connectivity index (χ4v) is 9.68. The van der Waals surface area contributed by atoms with E-state index in [4.69, 9.17) is 18.9 Å². The fourth-order valence-electron chi connectivity index (χ4n) is 9.68. The van der Waals surface area contributed by atoms with Crippen LogP contribution in [0.25, 0.3) is 0 Å². The van der Waals surface area contributed by atoms with Crippen LogP contribution in [0.4, 0.5) is 0 Å². The van der Waals surface area contributed by atoms with Gasteiger partial charge in [0.25, 0.3) is 0 Å². The van der Waals surface area contributed by atoms with E-state index in [1.54, 1.807) is 0 Å². The molecule has 4 aromatic rings. The van der Waals surface area contributed by atoms with Gasteiger partial charge in [0.05, 0.1) is 18.2 Å². The van der Waals surface area contributed by atoms with Gasteiger partial charge in [-0.25, -0.2) is 0 Å². The summed E-state index contributed by atoms with van der Waals surface area (Å²) in [6.07, 6.45) is 1.10. The van der Waals surface area contributed by atoms with Gasteiger partial charge in [-0.1, -0.05) is 111 Å². The van der Waals surface area contributed by atoms with E-state index in [1.807, 2.05) is 48.5 Å². The summed E-state index contributed by atoms with van der Waals surface area (Å²) in [6, 6.07) is 31.7. The summed E-state index contributed by atoms with van der Waals surface area (Å²) < 4.78 is 24.0. The first-order chi connectivity index (χ1) is 34.5. The van der Waals surface area contributed by atoms with Gasteiger partial charge in [-0.05, 0) is 148 Å². The Morgan fingerprint density at radius 1 is 0.527 bits per heavy atom. The van der Waals surface area contributed by atoms with Gasteiger partial charge in [0.1, 0.15) is 61.6 Å². The fraction of sp³-hybridized carbons (Fsp3) is 0.597. The Bertz CT molecular complexity index is 2320. The maximum Gasteiger partial charge on any atom is 0.237 e. The molecule has 1 amide bonds. The highest BCUT2D eigenvalue weighted by atomic mass is 16.5. The Labute approximate surface area is 444 Å². The Morgan fingerprint density at radius 3 is 1.27 bits per heavy atom. The molecule has 6 N–H and O–H groups in total. The summed E-state index contributed by atoms with van der Waals surface area (Å²) in [6.45, 7) is 31.6. The molecule has 1 heterocycles. The van der Waals surface area contributed by atoms with Crippen LogP contribution in [-0.4, -0.2) is 119 Å². The minimum atomic E-state index is -0.766. The molecule has 0 radical (unpaired) electrons. The van der Waals surface area contributed by atoms with Gasteiger partial charge < -0.3 is 50.0 Å². The van der Waals surface area contributed by atoms with Crippen LogP contribution in [0.1, 0.15) is 151 Å². The van der Waals surface area contributed by atoms with E-state index in [0.717, 1.165) is 47.3 Å². The summed E-state index contributed by atoms with van der Waals surface area (Å²) in [5.41, 5.74) is 2.80. The second kappa shape index (κ2) is 25.4. The Balaban J connectivity index is 1.03. The Kier molecular flexibility index (Phi) is 20.7. The molecule has 1 fully saturated rings. The van der Waals surface area contributed by atoms with Crippen LogP contribution < -0.4 is 29.6 Å². The lowest BCUT2D eigenvalue weighted by Gasteiger charge is -2.44. The number of β-amino-alcohol motifs (C(OH)–C–C–N with tert-alkyl or cyclic N) is 2. The normalized spacial score (nSPS) is 17.0. The highest BCUT2D eigenvalue weighted by Gasteiger charge is 2.39. The van der Waals surface area contributed by atoms with Crippen molar-refractivity contribution in [3.05, 3.63) is 119 Å². The van der Waals surface area contributed by atoms with E-state index in [9.17, 15) is 25.2 Å². The molecular weight excluding hydrogens is 931 g/mol. The van der Waals surface area contributed by atoms with Crippen LogP contribution >= 0.6 is 0 Å². The van der Waals surface area contributed by atoms with Gasteiger partial charge in [-0.15, -0.1) is 0 Å². The first-order valence-electron chi connectivity index (χ1n) is 26.9. The molecule has 1 aliphatic heterocycles. The molecule has 12 heteroatoms. The van der Waals surface area contributed by atoms with Gasteiger partial charge in [0.2, 0.25) is 5.91 Å². The first kappa shape index (κ1) is 60.2.